The minimum absolute atomic E-state index is 0.175. The first-order valence-corrected chi connectivity index (χ1v) is 10.3. The Bertz CT molecular complexity index is 908. The number of aromatic nitrogens is 1. The molecular weight excluding hydrogens is 348 g/mol. The average Bonchev–Trinajstić information content (AvgIpc) is 2.79. The third-order valence-electron chi connectivity index (χ3n) is 3.40. The molecule has 0 N–H and O–H groups in total. The highest BCUT2D eigenvalue weighted by Crippen LogP contribution is 2.22. The van der Waals surface area contributed by atoms with Crippen molar-refractivity contribution < 1.29 is 17.9 Å². The minimum atomic E-state index is -3.28. The van der Waals surface area contributed by atoms with Gasteiger partial charge in [0, 0.05) is 26.3 Å². The molecule has 0 saturated carbocycles. The predicted molar refractivity (Wildman–Crippen MR) is 94.8 cm³/mol. The van der Waals surface area contributed by atoms with Gasteiger partial charge in [-0.2, -0.15) is 4.99 Å². The lowest BCUT2D eigenvalue weighted by molar-refractivity contribution is -0.118. The number of methoxy groups -OCH3 is 1. The molecule has 0 saturated heterocycles. The van der Waals surface area contributed by atoms with Crippen LogP contribution in [0.4, 0.5) is 0 Å². The molecule has 132 valence electrons. The highest BCUT2D eigenvalue weighted by atomic mass is 32.2. The number of fused-ring (bicyclic) bond motifs is 1. The summed E-state index contributed by atoms with van der Waals surface area (Å²) in [5, 5.41) is 0. The maximum atomic E-state index is 12.1. The Morgan fingerprint density at radius 3 is 2.67 bits per heavy atom. The smallest absolute Gasteiger partial charge is 0.248 e. The lowest BCUT2D eigenvalue weighted by Crippen LogP contribution is -2.19. The maximum absolute atomic E-state index is 12.1. The molecule has 2 rings (SSSR count). The van der Waals surface area contributed by atoms with Crippen LogP contribution < -0.4 is 4.80 Å². The van der Waals surface area contributed by atoms with E-state index in [0.29, 0.717) is 24.4 Å². The molecule has 1 aromatic carbocycles. The molecule has 0 unspecified atom stereocenters. The summed E-state index contributed by atoms with van der Waals surface area (Å²) >= 11 is 1.32. The van der Waals surface area contributed by atoms with Crippen molar-refractivity contribution in [1.29, 1.82) is 0 Å². The second kappa shape index (κ2) is 7.58. The number of sulfone groups is 1. The Morgan fingerprint density at radius 2 is 2.08 bits per heavy atom. The van der Waals surface area contributed by atoms with E-state index in [9.17, 15) is 13.2 Å². The standard InChI is InChI=1S/C16H22N2O4S2/c1-11(2)9-15(19)17-16-18(7-8-22-3)13-6-5-12(24(4,20)21)10-14(13)23-16/h5-6,10-11H,7-9H2,1-4H3. The van der Waals surface area contributed by atoms with Crippen LogP contribution in [-0.4, -0.2) is 38.9 Å². The van der Waals surface area contributed by atoms with Crippen LogP contribution in [0, 0.1) is 5.92 Å². The molecule has 1 heterocycles. The SMILES string of the molecule is COCCn1c(=NC(=O)CC(C)C)sc2cc(S(C)(=O)=O)ccc21. The zero-order chi connectivity index (χ0) is 17.9. The second-order valence-electron chi connectivity index (χ2n) is 6.03. The van der Waals surface area contributed by atoms with Crippen LogP contribution in [0.15, 0.2) is 28.1 Å². The molecule has 0 spiro atoms. The molecule has 0 bridgehead atoms. The summed E-state index contributed by atoms with van der Waals surface area (Å²) in [6, 6.07) is 4.96. The molecule has 8 heteroatoms. The molecule has 0 aliphatic carbocycles. The van der Waals surface area contributed by atoms with Crippen LogP contribution >= 0.6 is 11.3 Å². The molecule has 24 heavy (non-hydrogen) atoms. The fourth-order valence-electron chi connectivity index (χ4n) is 2.27. The Hall–Kier alpha value is -1.51. The van der Waals surface area contributed by atoms with Gasteiger partial charge in [0.05, 0.1) is 21.7 Å². The third-order valence-corrected chi connectivity index (χ3v) is 5.56. The Kier molecular flexibility index (Phi) is 5.95. The Morgan fingerprint density at radius 1 is 1.38 bits per heavy atom. The summed E-state index contributed by atoms with van der Waals surface area (Å²) in [6.07, 6.45) is 1.56. The van der Waals surface area contributed by atoms with Crippen LogP contribution in [0.3, 0.4) is 0 Å². The van der Waals surface area contributed by atoms with Crippen LogP contribution in [0.5, 0.6) is 0 Å². The van der Waals surface area contributed by atoms with E-state index < -0.39 is 9.84 Å². The van der Waals surface area contributed by atoms with E-state index in [1.54, 1.807) is 25.3 Å². The van der Waals surface area contributed by atoms with Crippen molar-refractivity contribution in [2.45, 2.75) is 31.7 Å². The quantitative estimate of drug-likeness (QED) is 0.781. The van der Waals surface area contributed by atoms with Gasteiger partial charge in [-0.15, -0.1) is 0 Å². The summed E-state index contributed by atoms with van der Waals surface area (Å²) in [6.45, 7) is 4.96. The summed E-state index contributed by atoms with van der Waals surface area (Å²) in [5.41, 5.74) is 0.848. The minimum Gasteiger partial charge on any atom is -0.383 e. The van der Waals surface area contributed by atoms with Gasteiger partial charge in [0.2, 0.25) is 5.91 Å². The molecule has 0 aliphatic rings. The van der Waals surface area contributed by atoms with E-state index in [4.69, 9.17) is 4.74 Å². The van der Waals surface area contributed by atoms with Gasteiger partial charge in [-0.05, 0) is 24.1 Å². The number of benzene rings is 1. The van der Waals surface area contributed by atoms with Gasteiger partial charge >= 0.3 is 0 Å². The lowest BCUT2D eigenvalue weighted by Gasteiger charge is -2.05. The van der Waals surface area contributed by atoms with Gasteiger partial charge in [-0.25, -0.2) is 8.42 Å². The zero-order valence-corrected chi connectivity index (χ0v) is 15.9. The van der Waals surface area contributed by atoms with Gasteiger partial charge in [-0.1, -0.05) is 25.2 Å². The fraction of sp³-hybridized carbons (Fsp3) is 0.500. The van der Waals surface area contributed by atoms with Crippen molar-refractivity contribution in [2.75, 3.05) is 20.0 Å². The lowest BCUT2D eigenvalue weighted by atomic mass is 10.1. The summed E-state index contributed by atoms with van der Waals surface area (Å²) < 4.78 is 31.3. The first-order valence-electron chi connectivity index (χ1n) is 7.62. The Labute approximate surface area is 145 Å². The highest BCUT2D eigenvalue weighted by molar-refractivity contribution is 7.90. The van der Waals surface area contributed by atoms with Gasteiger partial charge in [-0.3, -0.25) is 4.79 Å². The van der Waals surface area contributed by atoms with Gasteiger partial charge in [0.15, 0.2) is 14.6 Å². The monoisotopic (exact) mass is 370 g/mol. The molecule has 0 atom stereocenters. The normalized spacial score (nSPS) is 13.1. The van der Waals surface area contributed by atoms with E-state index >= 15 is 0 Å². The fourth-order valence-corrected chi connectivity index (χ4v) is 4.10. The van der Waals surface area contributed by atoms with E-state index in [1.165, 1.54) is 17.6 Å². The first kappa shape index (κ1) is 18.8. The first-order chi connectivity index (χ1) is 11.2. The third kappa shape index (κ3) is 4.52. The number of nitrogens with zero attached hydrogens (tertiary/aromatic N) is 2. The zero-order valence-electron chi connectivity index (χ0n) is 14.3. The van der Waals surface area contributed by atoms with Gasteiger partial charge < -0.3 is 9.30 Å². The summed E-state index contributed by atoms with van der Waals surface area (Å²) in [7, 11) is -1.67. The number of carbonyl (C=O) groups excluding carboxylic acids is 1. The number of ether oxygens (including phenoxy) is 1. The van der Waals surface area contributed by atoms with Crippen LogP contribution in [-0.2, 0) is 25.9 Å². The van der Waals surface area contributed by atoms with Crippen molar-refractivity contribution in [1.82, 2.24) is 4.57 Å². The molecule has 0 fully saturated rings. The average molecular weight is 370 g/mol. The molecule has 2 aromatic rings. The number of amides is 1. The highest BCUT2D eigenvalue weighted by Gasteiger charge is 2.13. The number of hydrogen-bond acceptors (Lipinski definition) is 5. The van der Waals surface area contributed by atoms with Crippen LogP contribution in [0.2, 0.25) is 0 Å². The van der Waals surface area contributed by atoms with Gasteiger partial charge in [0.1, 0.15) is 0 Å². The predicted octanol–water partition coefficient (Wildman–Crippen LogP) is 2.23. The summed E-state index contributed by atoms with van der Waals surface area (Å²) in [5.74, 6) is 0.0611. The Balaban J connectivity index is 2.60. The van der Waals surface area contributed by atoms with Crippen molar-refractivity contribution >= 4 is 37.3 Å². The molecular formula is C16H22N2O4S2. The van der Waals surface area contributed by atoms with Gasteiger partial charge in [0.25, 0.3) is 0 Å². The summed E-state index contributed by atoms with van der Waals surface area (Å²) in [4.78, 5) is 17.1. The van der Waals surface area contributed by atoms with E-state index in [0.717, 1.165) is 10.2 Å². The van der Waals surface area contributed by atoms with E-state index in [2.05, 4.69) is 4.99 Å². The topological polar surface area (TPSA) is 77.7 Å². The number of carbonyl (C=O) groups is 1. The maximum Gasteiger partial charge on any atom is 0.248 e. The number of rotatable bonds is 6. The second-order valence-corrected chi connectivity index (χ2v) is 9.06. The molecule has 6 nitrogen and oxygen atoms in total. The van der Waals surface area contributed by atoms with Crippen LogP contribution in [0.1, 0.15) is 20.3 Å². The van der Waals surface area contributed by atoms with E-state index in [1.807, 2.05) is 18.4 Å². The number of hydrogen-bond donors (Lipinski definition) is 0. The molecule has 1 amide bonds. The molecule has 0 aliphatic heterocycles. The molecule has 1 aromatic heterocycles. The number of thiazole rings is 1. The molecule has 0 radical (unpaired) electrons. The van der Waals surface area contributed by atoms with Crippen LogP contribution in [0.25, 0.3) is 10.2 Å². The van der Waals surface area contributed by atoms with Crippen molar-refractivity contribution in [2.24, 2.45) is 10.9 Å². The largest absolute Gasteiger partial charge is 0.383 e. The van der Waals surface area contributed by atoms with E-state index in [-0.39, 0.29) is 16.7 Å². The van der Waals surface area contributed by atoms with Crippen molar-refractivity contribution in [3.05, 3.63) is 23.0 Å². The van der Waals surface area contributed by atoms with Crippen molar-refractivity contribution in [3.63, 3.8) is 0 Å². The van der Waals surface area contributed by atoms with Crippen molar-refractivity contribution in [3.8, 4) is 0 Å².